The summed E-state index contributed by atoms with van der Waals surface area (Å²) in [4.78, 5) is 10.3. The summed E-state index contributed by atoms with van der Waals surface area (Å²) < 4.78 is 4.98. The van der Waals surface area contributed by atoms with Crippen molar-refractivity contribution in [1.29, 1.82) is 0 Å². The average molecular weight is 724 g/mol. The Morgan fingerprint density at radius 1 is 0.571 bits per heavy atom. The number of rotatable bonds is 6. The number of hydrogen-bond acceptors (Lipinski definition) is 3. The van der Waals surface area contributed by atoms with Crippen LogP contribution in [-0.4, -0.2) is 20.8 Å². The number of nitrogens with zero attached hydrogens (tertiary/aromatic N) is 4. The Morgan fingerprint density at radius 3 is 2.09 bits per heavy atom. The molecule has 3 atom stereocenters. The summed E-state index contributed by atoms with van der Waals surface area (Å²) in [7, 11) is 0. The molecule has 1 N–H and O–H groups in total. The molecule has 2 aromatic heterocycles. The van der Waals surface area contributed by atoms with Crippen molar-refractivity contribution in [2.75, 3.05) is 0 Å². The molecule has 2 aliphatic carbocycles. The van der Waals surface area contributed by atoms with E-state index in [1.54, 1.807) is 0 Å². The number of amidine groups is 2. The van der Waals surface area contributed by atoms with Crippen molar-refractivity contribution in [3.63, 3.8) is 0 Å². The molecular weight excluding hydrogens is 683 g/mol. The van der Waals surface area contributed by atoms with Crippen molar-refractivity contribution in [2.45, 2.75) is 37.9 Å². The smallest absolute Gasteiger partial charge is 0.169 e. The zero-order valence-corrected chi connectivity index (χ0v) is 31.1. The van der Waals surface area contributed by atoms with Crippen LogP contribution in [0.3, 0.4) is 0 Å². The first-order valence-corrected chi connectivity index (χ1v) is 19.9. The van der Waals surface area contributed by atoms with Gasteiger partial charge in [0.05, 0.1) is 22.6 Å². The molecule has 0 saturated heterocycles. The van der Waals surface area contributed by atoms with Crippen LogP contribution >= 0.6 is 0 Å². The van der Waals surface area contributed by atoms with Gasteiger partial charge in [-0.05, 0) is 84.8 Å². The molecule has 11 rings (SSSR count). The summed E-state index contributed by atoms with van der Waals surface area (Å²) in [6.07, 6.45) is 15.5. The van der Waals surface area contributed by atoms with E-state index in [9.17, 15) is 0 Å². The SMILES string of the molecule is C1=CCC(C2=NC(c3ccccc3)N=C(c3cccc(C4=CCC(n5c6ccccc6c6cc7c8ccccc8n(-c8ccccc8)c7cc65)C=C4)c3)N2)CC1. The number of nitrogens with one attached hydrogen (secondary N) is 1. The molecule has 8 aromatic rings. The van der Waals surface area contributed by atoms with E-state index in [2.05, 4.69) is 190 Å². The van der Waals surface area contributed by atoms with Gasteiger partial charge in [0.1, 0.15) is 11.7 Å². The summed E-state index contributed by atoms with van der Waals surface area (Å²) >= 11 is 0. The molecule has 0 amide bonds. The van der Waals surface area contributed by atoms with Gasteiger partial charge in [-0.1, -0.05) is 134 Å². The van der Waals surface area contributed by atoms with Gasteiger partial charge in [0.2, 0.25) is 0 Å². The Hall–Kier alpha value is -6.72. The summed E-state index contributed by atoms with van der Waals surface area (Å²) in [5.41, 5.74) is 10.8. The van der Waals surface area contributed by atoms with E-state index in [4.69, 9.17) is 9.98 Å². The highest BCUT2D eigenvalue weighted by Crippen LogP contribution is 2.41. The van der Waals surface area contributed by atoms with Gasteiger partial charge in [-0.2, -0.15) is 0 Å². The molecule has 3 unspecified atom stereocenters. The Bertz CT molecular complexity index is 2960. The third kappa shape index (κ3) is 5.53. The highest BCUT2D eigenvalue weighted by atomic mass is 15.2. The van der Waals surface area contributed by atoms with Crippen LogP contribution in [0.25, 0.3) is 54.9 Å². The quantitative estimate of drug-likeness (QED) is 0.171. The molecule has 6 aromatic carbocycles. The number of para-hydroxylation sites is 3. The fraction of sp³-hybridized carbons (Fsp3) is 0.137. The first-order chi connectivity index (χ1) is 27.8. The van der Waals surface area contributed by atoms with Crippen LogP contribution in [0.5, 0.6) is 0 Å². The fourth-order valence-corrected chi connectivity index (χ4v) is 9.17. The van der Waals surface area contributed by atoms with E-state index in [1.807, 2.05) is 0 Å². The zero-order chi connectivity index (χ0) is 37.0. The molecule has 0 spiro atoms. The van der Waals surface area contributed by atoms with E-state index in [0.717, 1.165) is 48.5 Å². The van der Waals surface area contributed by atoms with Crippen LogP contribution in [0.15, 0.2) is 186 Å². The minimum absolute atomic E-state index is 0.177. The number of allylic oxidation sites excluding steroid dienone is 6. The maximum Gasteiger partial charge on any atom is 0.169 e. The summed E-state index contributed by atoms with van der Waals surface area (Å²) in [5.74, 6) is 2.31. The zero-order valence-electron chi connectivity index (χ0n) is 31.1. The van der Waals surface area contributed by atoms with Gasteiger partial charge >= 0.3 is 0 Å². The molecular formula is C51H41N5. The maximum atomic E-state index is 5.18. The van der Waals surface area contributed by atoms with Gasteiger partial charge in [0.15, 0.2) is 6.17 Å². The van der Waals surface area contributed by atoms with E-state index in [1.165, 1.54) is 60.4 Å². The Morgan fingerprint density at radius 2 is 1.30 bits per heavy atom. The van der Waals surface area contributed by atoms with Gasteiger partial charge in [0.25, 0.3) is 0 Å². The topological polar surface area (TPSA) is 46.6 Å². The van der Waals surface area contributed by atoms with Crippen LogP contribution in [0.1, 0.15) is 54.6 Å². The van der Waals surface area contributed by atoms with Gasteiger partial charge in [-0.15, -0.1) is 0 Å². The van der Waals surface area contributed by atoms with Crippen LogP contribution in [-0.2, 0) is 0 Å². The van der Waals surface area contributed by atoms with Gasteiger partial charge in [-0.25, -0.2) is 9.98 Å². The number of fused-ring (bicyclic) bond motifs is 6. The molecule has 5 nitrogen and oxygen atoms in total. The van der Waals surface area contributed by atoms with Gasteiger partial charge in [0, 0.05) is 44.2 Å². The van der Waals surface area contributed by atoms with Crippen molar-refractivity contribution in [3.05, 3.63) is 193 Å². The lowest BCUT2D eigenvalue weighted by Crippen LogP contribution is -2.40. The normalized spacial score (nSPS) is 19.6. The summed E-state index contributed by atoms with van der Waals surface area (Å²) in [5, 5.41) is 8.83. The summed E-state index contributed by atoms with van der Waals surface area (Å²) in [6, 6.07) is 52.8. The van der Waals surface area contributed by atoms with Gasteiger partial charge < -0.3 is 14.5 Å². The third-order valence-electron chi connectivity index (χ3n) is 11.9. The second kappa shape index (κ2) is 13.5. The lowest BCUT2D eigenvalue weighted by molar-refractivity contribution is 0.591. The van der Waals surface area contributed by atoms with Crippen LogP contribution in [0, 0.1) is 5.92 Å². The highest BCUT2D eigenvalue weighted by molar-refractivity contribution is 6.19. The molecule has 5 heteroatoms. The molecule has 0 bridgehead atoms. The number of benzene rings is 6. The number of hydrogen-bond donors (Lipinski definition) is 1. The Labute approximate surface area is 326 Å². The van der Waals surface area contributed by atoms with Crippen LogP contribution in [0.2, 0.25) is 0 Å². The Kier molecular flexibility index (Phi) is 7.90. The minimum Gasteiger partial charge on any atom is -0.333 e. The monoisotopic (exact) mass is 723 g/mol. The fourth-order valence-electron chi connectivity index (χ4n) is 9.17. The summed E-state index contributed by atoms with van der Waals surface area (Å²) in [6.45, 7) is 0. The van der Waals surface area contributed by atoms with Crippen molar-refractivity contribution in [2.24, 2.45) is 15.9 Å². The molecule has 0 radical (unpaired) electrons. The molecule has 0 saturated carbocycles. The third-order valence-corrected chi connectivity index (χ3v) is 11.9. The van der Waals surface area contributed by atoms with Crippen LogP contribution in [0.4, 0.5) is 0 Å². The first-order valence-electron chi connectivity index (χ1n) is 19.9. The molecule has 0 fully saturated rings. The first kappa shape index (κ1) is 32.7. The predicted octanol–water partition coefficient (Wildman–Crippen LogP) is 12.3. The standard InChI is InChI=1S/C51H41N5/c1-4-15-35(16-5-1)49-52-50(36-17-6-2-7-18-36)54-51(53-49)38-20-14-19-37(31-38)34-27-29-40(30-28-34)56-46-26-13-11-24-42(46)44-32-43-41-23-10-12-25-45(41)55(47(43)33-48(44)56)39-21-8-3-9-22-39/h1-6,8-16,19-29,31-33,36,40,49H,7,17-18,30H2,(H,52,53,54). The molecule has 3 heterocycles. The van der Waals surface area contributed by atoms with Crippen molar-refractivity contribution < 1.29 is 0 Å². The highest BCUT2D eigenvalue weighted by Gasteiger charge is 2.26. The second-order valence-electron chi connectivity index (χ2n) is 15.2. The van der Waals surface area contributed by atoms with E-state index in [0.29, 0.717) is 5.92 Å². The lowest BCUT2D eigenvalue weighted by Gasteiger charge is -2.28. The minimum atomic E-state index is -0.257. The van der Waals surface area contributed by atoms with Crippen molar-refractivity contribution in [3.8, 4) is 5.69 Å². The maximum absolute atomic E-state index is 5.18. The van der Waals surface area contributed by atoms with Crippen molar-refractivity contribution in [1.82, 2.24) is 14.5 Å². The molecule has 3 aliphatic rings. The molecule has 1 aliphatic heterocycles. The lowest BCUT2D eigenvalue weighted by atomic mass is 9.92. The Balaban J connectivity index is 0.957. The van der Waals surface area contributed by atoms with E-state index >= 15 is 0 Å². The van der Waals surface area contributed by atoms with Gasteiger partial charge in [-0.3, -0.25) is 0 Å². The molecule has 270 valence electrons. The van der Waals surface area contributed by atoms with E-state index in [-0.39, 0.29) is 12.2 Å². The second-order valence-corrected chi connectivity index (χ2v) is 15.2. The average Bonchev–Trinajstić information content (AvgIpc) is 3.78. The number of aromatic nitrogens is 2. The molecule has 56 heavy (non-hydrogen) atoms. The van der Waals surface area contributed by atoms with Crippen molar-refractivity contribution >= 4 is 60.9 Å². The van der Waals surface area contributed by atoms with Crippen LogP contribution < -0.4 is 5.32 Å². The largest absolute Gasteiger partial charge is 0.333 e. The van der Waals surface area contributed by atoms with E-state index < -0.39 is 0 Å². The number of aliphatic imine (C=N–C) groups is 2. The predicted molar refractivity (Wildman–Crippen MR) is 234 cm³/mol.